The van der Waals surface area contributed by atoms with Crippen LogP contribution in [0.5, 0.6) is 5.75 Å². The molecule has 0 spiro atoms. The topological polar surface area (TPSA) is 58.6 Å². The molecule has 1 heterocycles. The number of carbonyl (C=O) groups excluding carboxylic acids is 2. The van der Waals surface area contributed by atoms with Gasteiger partial charge < -0.3 is 15.0 Å². The van der Waals surface area contributed by atoms with Crippen LogP contribution in [0, 0.1) is 5.82 Å². The molecule has 0 saturated heterocycles. The molecule has 5 nitrogen and oxygen atoms in total. The highest BCUT2D eigenvalue weighted by Gasteiger charge is 2.31. The van der Waals surface area contributed by atoms with E-state index in [9.17, 15) is 14.0 Å². The molecule has 0 radical (unpaired) electrons. The number of nitrogens with one attached hydrogen (secondary N) is 1. The summed E-state index contributed by atoms with van der Waals surface area (Å²) in [5, 5.41) is 2.85. The van der Waals surface area contributed by atoms with Gasteiger partial charge in [-0.2, -0.15) is 0 Å². The number of nitrogens with zero attached hydrogens (tertiary/aromatic N) is 1. The maximum absolute atomic E-state index is 13.2. The Balaban J connectivity index is 1.51. The summed E-state index contributed by atoms with van der Waals surface area (Å²) in [7, 11) is 1.59. The first kappa shape index (κ1) is 20.6. The number of carbonyl (C=O) groups is 2. The van der Waals surface area contributed by atoms with Gasteiger partial charge in [0.2, 0.25) is 0 Å². The van der Waals surface area contributed by atoms with Crippen LogP contribution in [0.4, 0.5) is 10.1 Å². The minimum Gasteiger partial charge on any atom is -0.497 e. The van der Waals surface area contributed by atoms with Crippen LogP contribution >= 0.6 is 0 Å². The van der Waals surface area contributed by atoms with Gasteiger partial charge in [-0.15, -0.1) is 0 Å². The third-order valence-corrected chi connectivity index (χ3v) is 5.48. The molecular formula is C25H23FN2O3. The third kappa shape index (κ3) is 4.28. The van der Waals surface area contributed by atoms with Crippen molar-refractivity contribution in [1.82, 2.24) is 5.32 Å². The zero-order valence-corrected chi connectivity index (χ0v) is 17.4. The van der Waals surface area contributed by atoms with Gasteiger partial charge in [0, 0.05) is 29.4 Å². The average Bonchev–Trinajstić information content (AvgIpc) is 3.12. The van der Waals surface area contributed by atoms with Crippen LogP contribution in [0.2, 0.25) is 0 Å². The van der Waals surface area contributed by atoms with Crippen molar-refractivity contribution in [2.24, 2.45) is 0 Å². The Morgan fingerprint density at radius 2 is 1.71 bits per heavy atom. The average molecular weight is 418 g/mol. The van der Waals surface area contributed by atoms with E-state index in [1.165, 1.54) is 24.3 Å². The Labute approximate surface area is 180 Å². The Hall–Kier alpha value is -3.67. The zero-order valence-electron chi connectivity index (χ0n) is 17.4. The predicted molar refractivity (Wildman–Crippen MR) is 117 cm³/mol. The van der Waals surface area contributed by atoms with Crippen LogP contribution in [0.1, 0.15) is 38.8 Å². The molecule has 1 atom stereocenters. The van der Waals surface area contributed by atoms with Gasteiger partial charge in [0.25, 0.3) is 11.8 Å². The first-order chi connectivity index (χ1) is 15.0. The molecule has 2 amide bonds. The van der Waals surface area contributed by atoms with E-state index in [4.69, 9.17) is 4.74 Å². The van der Waals surface area contributed by atoms with E-state index in [0.29, 0.717) is 23.4 Å². The van der Waals surface area contributed by atoms with Crippen LogP contribution in [-0.2, 0) is 13.0 Å². The first-order valence-electron chi connectivity index (χ1n) is 10.1. The number of halogens is 1. The lowest BCUT2D eigenvalue weighted by molar-refractivity contribution is 0.0948. The fraction of sp³-hybridized carbons (Fsp3) is 0.200. The fourth-order valence-electron chi connectivity index (χ4n) is 3.83. The summed E-state index contributed by atoms with van der Waals surface area (Å²) in [6, 6.07) is 18.4. The van der Waals surface area contributed by atoms with Crippen LogP contribution in [0.15, 0.2) is 66.7 Å². The van der Waals surface area contributed by atoms with Crippen LogP contribution < -0.4 is 15.0 Å². The Bertz CT molecular complexity index is 1110. The van der Waals surface area contributed by atoms with Crippen molar-refractivity contribution in [1.29, 1.82) is 0 Å². The number of benzene rings is 3. The molecule has 1 aliphatic rings. The summed E-state index contributed by atoms with van der Waals surface area (Å²) in [4.78, 5) is 27.3. The summed E-state index contributed by atoms with van der Waals surface area (Å²) >= 11 is 0. The van der Waals surface area contributed by atoms with E-state index in [2.05, 4.69) is 5.32 Å². The normalized spacial score (nSPS) is 14.8. The van der Waals surface area contributed by atoms with Gasteiger partial charge in [-0.05, 0) is 79.1 Å². The SMILES string of the molecule is COc1ccc(C(=O)N2c3cc(CNC(=O)c4ccc(F)cc4)ccc3C[C@H]2C)cc1. The Kier molecular flexibility index (Phi) is 5.71. The van der Waals surface area contributed by atoms with Crippen molar-refractivity contribution in [2.75, 3.05) is 12.0 Å². The quantitative estimate of drug-likeness (QED) is 0.670. The Morgan fingerprint density at radius 1 is 1.03 bits per heavy atom. The lowest BCUT2D eigenvalue weighted by Gasteiger charge is -2.23. The molecule has 0 fully saturated rings. The number of rotatable bonds is 5. The highest BCUT2D eigenvalue weighted by atomic mass is 19.1. The zero-order chi connectivity index (χ0) is 22.0. The monoisotopic (exact) mass is 418 g/mol. The molecule has 0 aromatic heterocycles. The molecule has 3 aromatic rings. The summed E-state index contributed by atoms with van der Waals surface area (Å²) in [6.07, 6.45) is 0.777. The third-order valence-electron chi connectivity index (χ3n) is 5.48. The van der Waals surface area contributed by atoms with Crippen LogP contribution in [0.3, 0.4) is 0 Å². The highest BCUT2D eigenvalue weighted by Crippen LogP contribution is 2.34. The second-order valence-corrected chi connectivity index (χ2v) is 7.61. The van der Waals surface area contributed by atoms with Gasteiger partial charge in [-0.3, -0.25) is 9.59 Å². The maximum Gasteiger partial charge on any atom is 0.258 e. The summed E-state index contributed by atoms with van der Waals surface area (Å²) in [5.74, 6) is -0.0297. The summed E-state index contributed by atoms with van der Waals surface area (Å²) < 4.78 is 18.2. The van der Waals surface area contributed by atoms with Crippen molar-refractivity contribution >= 4 is 17.5 Å². The number of hydrogen-bond donors (Lipinski definition) is 1. The van der Waals surface area contributed by atoms with Gasteiger partial charge >= 0.3 is 0 Å². The lowest BCUT2D eigenvalue weighted by atomic mass is 10.1. The van der Waals surface area contributed by atoms with Crippen molar-refractivity contribution in [3.8, 4) is 5.75 Å². The minimum atomic E-state index is -0.383. The van der Waals surface area contributed by atoms with Crippen molar-refractivity contribution in [3.63, 3.8) is 0 Å². The van der Waals surface area contributed by atoms with Gasteiger partial charge in [-0.25, -0.2) is 4.39 Å². The molecular weight excluding hydrogens is 395 g/mol. The van der Waals surface area contributed by atoms with Gasteiger partial charge in [-0.1, -0.05) is 12.1 Å². The number of anilines is 1. The van der Waals surface area contributed by atoms with E-state index in [-0.39, 0.29) is 23.7 Å². The standard InChI is InChI=1S/C25H23FN2O3/c1-16-13-20-4-3-17(15-27-24(29)18-5-9-21(26)10-6-18)14-23(20)28(16)25(30)19-7-11-22(31-2)12-8-19/h3-12,14,16H,13,15H2,1-2H3,(H,27,29)/t16-/m1/s1. The van der Waals surface area contributed by atoms with E-state index < -0.39 is 0 Å². The minimum absolute atomic E-state index is 0.0358. The van der Waals surface area contributed by atoms with Crippen LogP contribution in [-0.4, -0.2) is 25.0 Å². The second kappa shape index (κ2) is 8.60. The van der Waals surface area contributed by atoms with Gasteiger partial charge in [0.05, 0.1) is 7.11 Å². The second-order valence-electron chi connectivity index (χ2n) is 7.61. The number of fused-ring (bicyclic) bond motifs is 1. The number of ether oxygens (including phenoxy) is 1. The number of hydrogen-bond acceptors (Lipinski definition) is 3. The van der Waals surface area contributed by atoms with E-state index in [1.54, 1.807) is 31.4 Å². The molecule has 4 rings (SSSR count). The molecule has 1 N–H and O–H groups in total. The number of amides is 2. The van der Waals surface area contributed by atoms with Crippen molar-refractivity contribution < 1.29 is 18.7 Å². The molecule has 0 bridgehead atoms. The molecule has 0 saturated carbocycles. The molecule has 1 aliphatic heterocycles. The van der Waals surface area contributed by atoms with Gasteiger partial charge in [0.1, 0.15) is 11.6 Å². The molecule has 158 valence electrons. The first-order valence-corrected chi connectivity index (χ1v) is 10.1. The maximum atomic E-state index is 13.2. The Morgan fingerprint density at radius 3 is 2.39 bits per heavy atom. The largest absolute Gasteiger partial charge is 0.497 e. The smallest absolute Gasteiger partial charge is 0.258 e. The fourth-order valence-corrected chi connectivity index (χ4v) is 3.83. The lowest BCUT2D eigenvalue weighted by Crippen LogP contribution is -2.35. The number of methoxy groups -OCH3 is 1. The highest BCUT2D eigenvalue weighted by molar-refractivity contribution is 6.07. The summed E-state index contributed by atoms with van der Waals surface area (Å²) in [6.45, 7) is 2.33. The molecule has 0 unspecified atom stereocenters. The van der Waals surface area contributed by atoms with E-state index >= 15 is 0 Å². The molecule has 31 heavy (non-hydrogen) atoms. The van der Waals surface area contributed by atoms with E-state index in [1.807, 2.05) is 30.0 Å². The molecule has 6 heteroatoms. The van der Waals surface area contributed by atoms with E-state index in [0.717, 1.165) is 23.2 Å². The van der Waals surface area contributed by atoms with Crippen molar-refractivity contribution in [2.45, 2.75) is 25.9 Å². The van der Waals surface area contributed by atoms with Gasteiger partial charge in [0.15, 0.2) is 0 Å². The molecule has 3 aromatic carbocycles. The molecule has 0 aliphatic carbocycles. The van der Waals surface area contributed by atoms with Crippen LogP contribution in [0.25, 0.3) is 0 Å². The van der Waals surface area contributed by atoms with Crippen molar-refractivity contribution in [3.05, 3.63) is 94.8 Å². The summed E-state index contributed by atoms with van der Waals surface area (Å²) in [5.41, 5.74) is 3.84. The predicted octanol–water partition coefficient (Wildman–Crippen LogP) is 4.36.